The van der Waals surface area contributed by atoms with E-state index in [1.165, 1.54) is 12.3 Å². The third kappa shape index (κ3) is 3.05. The molecule has 0 aliphatic rings. The van der Waals surface area contributed by atoms with E-state index in [0.717, 1.165) is 0 Å². The van der Waals surface area contributed by atoms with Crippen molar-refractivity contribution in [1.29, 1.82) is 0 Å². The maximum atomic E-state index is 10.6. The number of rotatable bonds is 2. The van der Waals surface area contributed by atoms with Crippen LogP contribution in [0.4, 0.5) is 0 Å². The van der Waals surface area contributed by atoms with E-state index in [1.807, 2.05) is 20.8 Å². The van der Waals surface area contributed by atoms with Crippen molar-refractivity contribution in [3.63, 3.8) is 0 Å². The van der Waals surface area contributed by atoms with Crippen LogP contribution in [-0.2, 0) is 0 Å². The smallest absolute Gasteiger partial charge is 0.354 e. The molecule has 0 aromatic carbocycles. The summed E-state index contributed by atoms with van der Waals surface area (Å²) < 4.78 is 5.49. The summed E-state index contributed by atoms with van der Waals surface area (Å²) in [6.07, 6.45) is 1.42. The van der Waals surface area contributed by atoms with Gasteiger partial charge in [0.2, 0.25) is 0 Å². The third-order valence-electron chi connectivity index (χ3n) is 1.37. The van der Waals surface area contributed by atoms with E-state index in [-0.39, 0.29) is 11.3 Å². The van der Waals surface area contributed by atoms with Gasteiger partial charge >= 0.3 is 5.97 Å². The van der Waals surface area contributed by atoms with Gasteiger partial charge in [0, 0.05) is 12.3 Å². The first-order chi connectivity index (χ1) is 6.38. The van der Waals surface area contributed by atoms with Crippen molar-refractivity contribution < 1.29 is 14.6 Å². The minimum Gasteiger partial charge on any atom is -0.488 e. The highest BCUT2D eigenvalue weighted by Crippen LogP contribution is 2.17. The van der Waals surface area contributed by atoms with Crippen LogP contribution in [-0.4, -0.2) is 21.7 Å². The Morgan fingerprint density at radius 1 is 1.50 bits per heavy atom. The van der Waals surface area contributed by atoms with E-state index in [2.05, 4.69) is 4.98 Å². The molecule has 0 saturated heterocycles. The Labute approximate surface area is 82.5 Å². The highest BCUT2D eigenvalue weighted by Gasteiger charge is 2.13. The average molecular weight is 195 g/mol. The molecule has 0 aliphatic carbocycles. The van der Waals surface area contributed by atoms with Gasteiger partial charge in [0.15, 0.2) is 5.69 Å². The Balaban J connectivity index is 2.89. The Bertz CT molecular complexity index is 341. The minimum atomic E-state index is -1.05. The highest BCUT2D eigenvalue weighted by atomic mass is 16.5. The number of ether oxygens (including phenoxy) is 1. The van der Waals surface area contributed by atoms with Gasteiger partial charge in [-0.1, -0.05) is 0 Å². The summed E-state index contributed by atoms with van der Waals surface area (Å²) in [4.78, 5) is 14.3. The molecule has 4 heteroatoms. The summed E-state index contributed by atoms with van der Waals surface area (Å²) in [5.74, 6) is -0.533. The van der Waals surface area contributed by atoms with Crippen LogP contribution in [0.2, 0.25) is 0 Å². The van der Waals surface area contributed by atoms with Gasteiger partial charge in [0.1, 0.15) is 11.4 Å². The van der Waals surface area contributed by atoms with Crippen molar-refractivity contribution in [1.82, 2.24) is 4.98 Å². The lowest BCUT2D eigenvalue weighted by atomic mass is 10.2. The number of carboxylic acids is 1. The molecule has 0 amide bonds. The van der Waals surface area contributed by atoms with Gasteiger partial charge in [-0.15, -0.1) is 0 Å². The van der Waals surface area contributed by atoms with E-state index in [9.17, 15) is 4.79 Å². The minimum absolute atomic E-state index is 0.00764. The van der Waals surface area contributed by atoms with Gasteiger partial charge in [0.25, 0.3) is 0 Å². The molecule has 1 aromatic heterocycles. The van der Waals surface area contributed by atoms with Crippen molar-refractivity contribution in [3.05, 3.63) is 24.0 Å². The van der Waals surface area contributed by atoms with E-state index in [0.29, 0.717) is 5.75 Å². The number of carbonyl (C=O) groups is 1. The zero-order chi connectivity index (χ0) is 10.8. The van der Waals surface area contributed by atoms with Crippen LogP contribution in [0.25, 0.3) is 0 Å². The van der Waals surface area contributed by atoms with Crippen LogP contribution in [0, 0.1) is 0 Å². The highest BCUT2D eigenvalue weighted by molar-refractivity contribution is 5.85. The second-order valence-corrected chi connectivity index (χ2v) is 3.90. The molecule has 76 valence electrons. The Hall–Kier alpha value is -1.58. The van der Waals surface area contributed by atoms with Crippen LogP contribution in [0.15, 0.2) is 18.3 Å². The second kappa shape index (κ2) is 3.65. The second-order valence-electron chi connectivity index (χ2n) is 3.90. The van der Waals surface area contributed by atoms with Gasteiger partial charge in [-0.2, -0.15) is 0 Å². The van der Waals surface area contributed by atoms with Crippen molar-refractivity contribution in [2.45, 2.75) is 26.4 Å². The lowest BCUT2D eigenvalue weighted by molar-refractivity contribution is 0.0688. The number of hydrogen-bond acceptors (Lipinski definition) is 3. The molecule has 1 rings (SSSR count). The van der Waals surface area contributed by atoms with Crippen LogP contribution in [0.3, 0.4) is 0 Å². The van der Waals surface area contributed by atoms with E-state index in [4.69, 9.17) is 9.84 Å². The van der Waals surface area contributed by atoms with Crippen molar-refractivity contribution in [3.8, 4) is 5.75 Å². The quantitative estimate of drug-likeness (QED) is 0.783. The van der Waals surface area contributed by atoms with Crippen molar-refractivity contribution in [2.75, 3.05) is 0 Å². The van der Waals surface area contributed by atoms with E-state index >= 15 is 0 Å². The van der Waals surface area contributed by atoms with E-state index in [1.54, 1.807) is 6.07 Å². The molecule has 0 spiro atoms. The predicted octanol–water partition coefficient (Wildman–Crippen LogP) is 1.96. The fourth-order valence-electron chi connectivity index (χ4n) is 0.945. The van der Waals surface area contributed by atoms with Crippen LogP contribution in [0.1, 0.15) is 31.3 Å². The molecule has 0 unspecified atom stereocenters. The Kier molecular flexibility index (Phi) is 2.74. The molecule has 1 N–H and O–H groups in total. The summed E-state index contributed by atoms with van der Waals surface area (Å²) in [5.41, 5.74) is -0.344. The first-order valence-electron chi connectivity index (χ1n) is 4.27. The number of pyridine rings is 1. The molecule has 0 bridgehead atoms. The molecular formula is C10H13NO3. The van der Waals surface area contributed by atoms with Crippen LogP contribution >= 0.6 is 0 Å². The molecule has 0 aliphatic heterocycles. The summed E-state index contributed by atoms with van der Waals surface area (Å²) in [7, 11) is 0. The maximum Gasteiger partial charge on any atom is 0.354 e. The number of aromatic carboxylic acids is 1. The van der Waals surface area contributed by atoms with Gasteiger partial charge in [0.05, 0.1) is 0 Å². The molecular weight excluding hydrogens is 182 g/mol. The number of hydrogen-bond donors (Lipinski definition) is 1. The molecule has 0 fully saturated rings. The van der Waals surface area contributed by atoms with Gasteiger partial charge in [-0.05, 0) is 26.8 Å². The Morgan fingerprint density at radius 3 is 2.64 bits per heavy atom. The summed E-state index contributed by atoms with van der Waals surface area (Å²) in [6.45, 7) is 5.69. The zero-order valence-corrected chi connectivity index (χ0v) is 8.44. The van der Waals surface area contributed by atoms with Gasteiger partial charge in [-0.3, -0.25) is 0 Å². The molecule has 0 saturated carbocycles. The molecule has 4 nitrogen and oxygen atoms in total. The lowest BCUT2D eigenvalue weighted by Gasteiger charge is -2.21. The van der Waals surface area contributed by atoms with Crippen LogP contribution < -0.4 is 4.74 Å². The summed E-state index contributed by atoms with van der Waals surface area (Å²) >= 11 is 0. The normalized spacial score (nSPS) is 11.1. The van der Waals surface area contributed by atoms with Crippen molar-refractivity contribution in [2.24, 2.45) is 0 Å². The zero-order valence-electron chi connectivity index (χ0n) is 8.44. The first kappa shape index (κ1) is 10.5. The Morgan fingerprint density at radius 2 is 2.14 bits per heavy atom. The molecule has 0 radical (unpaired) electrons. The molecule has 0 atom stereocenters. The number of carboxylic acid groups (broad SMARTS) is 1. The van der Waals surface area contributed by atoms with Gasteiger partial charge in [-0.25, -0.2) is 9.78 Å². The number of nitrogens with zero attached hydrogens (tertiary/aromatic N) is 1. The molecule has 14 heavy (non-hydrogen) atoms. The topological polar surface area (TPSA) is 59.4 Å². The van der Waals surface area contributed by atoms with Crippen LogP contribution in [0.5, 0.6) is 5.75 Å². The maximum absolute atomic E-state index is 10.6. The average Bonchev–Trinajstić information content (AvgIpc) is 2.01. The fourth-order valence-corrected chi connectivity index (χ4v) is 0.945. The summed E-state index contributed by atoms with van der Waals surface area (Å²) in [6, 6.07) is 3.05. The molecule has 1 aromatic rings. The van der Waals surface area contributed by atoms with Crippen molar-refractivity contribution >= 4 is 5.97 Å². The lowest BCUT2D eigenvalue weighted by Crippen LogP contribution is -2.23. The SMILES string of the molecule is CC(C)(C)Oc1ccnc(C(=O)O)c1. The third-order valence-corrected chi connectivity index (χ3v) is 1.37. The van der Waals surface area contributed by atoms with Gasteiger partial charge < -0.3 is 9.84 Å². The standard InChI is InChI=1S/C10H13NO3/c1-10(2,3)14-7-4-5-11-8(6-7)9(12)13/h4-6H,1-3H3,(H,12,13). The number of aromatic nitrogens is 1. The fraction of sp³-hybridized carbons (Fsp3) is 0.400. The summed E-state index contributed by atoms with van der Waals surface area (Å²) in [5, 5.41) is 8.69. The van der Waals surface area contributed by atoms with E-state index < -0.39 is 5.97 Å². The predicted molar refractivity (Wildman–Crippen MR) is 51.6 cm³/mol. The largest absolute Gasteiger partial charge is 0.488 e. The monoisotopic (exact) mass is 195 g/mol. The first-order valence-corrected chi connectivity index (χ1v) is 4.27. The molecule has 1 heterocycles.